The van der Waals surface area contributed by atoms with Crippen LogP contribution in [0.5, 0.6) is 5.75 Å². The number of benzene rings is 1. The minimum absolute atomic E-state index is 0.459. The summed E-state index contributed by atoms with van der Waals surface area (Å²) in [5.41, 5.74) is 5.36. The lowest BCUT2D eigenvalue weighted by molar-refractivity contribution is 0.256. The monoisotopic (exact) mass is 247 g/mol. The second-order valence-corrected chi connectivity index (χ2v) is 5.48. The van der Waals surface area contributed by atoms with E-state index in [0.717, 1.165) is 5.75 Å². The summed E-state index contributed by atoms with van der Waals surface area (Å²) in [5.74, 6) is 1.08. The molecule has 1 aromatic carbocycles. The SMILES string of the molecule is COc1c(C(C)N2CCCC2)cc(C)c(C)c1C. The van der Waals surface area contributed by atoms with Crippen LogP contribution in [0.2, 0.25) is 0 Å². The number of ether oxygens (including phenoxy) is 1. The Morgan fingerprint density at radius 1 is 1.11 bits per heavy atom. The largest absolute Gasteiger partial charge is 0.496 e. The average Bonchev–Trinajstić information content (AvgIpc) is 2.88. The first-order chi connectivity index (χ1) is 8.56. The molecule has 0 aliphatic carbocycles. The van der Waals surface area contributed by atoms with Gasteiger partial charge in [0.1, 0.15) is 5.75 Å². The number of hydrogen-bond acceptors (Lipinski definition) is 2. The van der Waals surface area contributed by atoms with Gasteiger partial charge in [0, 0.05) is 11.6 Å². The summed E-state index contributed by atoms with van der Waals surface area (Å²) in [6.07, 6.45) is 2.66. The summed E-state index contributed by atoms with van der Waals surface area (Å²) in [6, 6.07) is 2.77. The van der Waals surface area contributed by atoms with E-state index in [1.165, 1.54) is 48.2 Å². The van der Waals surface area contributed by atoms with Crippen LogP contribution in [0.4, 0.5) is 0 Å². The van der Waals surface area contributed by atoms with Crippen LogP contribution in [0.15, 0.2) is 6.07 Å². The van der Waals surface area contributed by atoms with Gasteiger partial charge in [-0.2, -0.15) is 0 Å². The van der Waals surface area contributed by atoms with E-state index in [4.69, 9.17) is 4.74 Å². The van der Waals surface area contributed by atoms with Gasteiger partial charge in [-0.15, -0.1) is 0 Å². The predicted octanol–water partition coefficient (Wildman–Crippen LogP) is 3.78. The molecule has 100 valence electrons. The fourth-order valence-electron chi connectivity index (χ4n) is 3.00. The molecule has 2 rings (SSSR count). The predicted molar refractivity (Wildman–Crippen MR) is 76.4 cm³/mol. The van der Waals surface area contributed by atoms with Crippen LogP contribution < -0.4 is 4.74 Å². The van der Waals surface area contributed by atoms with Gasteiger partial charge in [0.2, 0.25) is 0 Å². The Kier molecular flexibility index (Phi) is 3.96. The van der Waals surface area contributed by atoms with E-state index in [2.05, 4.69) is 38.7 Å². The Bertz CT molecular complexity index is 433. The van der Waals surface area contributed by atoms with E-state index >= 15 is 0 Å². The Balaban J connectivity index is 2.42. The highest BCUT2D eigenvalue weighted by Crippen LogP contribution is 2.36. The van der Waals surface area contributed by atoms with Crippen LogP contribution in [-0.4, -0.2) is 25.1 Å². The van der Waals surface area contributed by atoms with Gasteiger partial charge in [-0.05, 0) is 70.3 Å². The minimum atomic E-state index is 0.459. The molecule has 1 aliphatic heterocycles. The molecule has 1 fully saturated rings. The van der Waals surface area contributed by atoms with Gasteiger partial charge in [-0.3, -0.25) is 4.90 Å². The highest BCUT2D eigenvalue weighted by molar-refractivity contribution is 5.50. The summed E-state index contributed by atoms with van der Waals surface area (Å²) in [5, 5.41) is 0. The summed E-state index contributed by atoms with van der Waals surface area (Å²) in [6.45, 7) is 11.3. The fraction of sp³-hybridized carbons (Fsp3) is 0.625. The highest BCUT2D eigenvalue weighted by atomic mass is 16.5. The summed E-state index contributed by atoms with van der Waals surface area (Å²) in [4.78, 5) is 2.56. The second kappa shape index (κ2) is 5.31. The first kappa shape index (κ1) is 13.4. The second-order valence-electron chi connectivity index (χ2n) is 5.48. The quantitative estimate of drug-likeness (QED) is 0.806. The number of methoxy groups -OCH3 is 1. The van der Waals surface area contributed by atoms with Crippen molar-refractivity contribution in [1.82, 2.24) is 4.90 Å². The molecule has 1 aliphatic rings. The molecule has 0 N–H and O–H groups in total. The van der Waals surface area contributed by atoms with E-state index < -0.39 is 0 Å². The van der Waals surface area contributed by atoms with E-state index in [0.29, 0.717) is 6.04 Å². The lowest BCUT2D eigenvalue weighted by Crippen LogP contribution is -2.24. The van der Waals surface area contributed by atoms with Crippen LogP contribution in [0.3, 0.4) is 0 Å². The standard InChI is InChI=1S/C16H25NO/c1-11-10-15(14(4)17-8-6-7-9-17)16(18-5)13(3)12(11)2/h10,14H,6-9H2,1-5H3. The Morgan fingerprint density at radius 2 is 1.72 bits per heavy atom. The molecule has 18 heavy (non-hydrogen) atoms. The Labute approximate surface area is 111 Å². The normalized spacial score (nSPS) is 18.1. The summed E-state index contributed by atoms with van der Waals surface area (Å²) in [7, 11) is 1.79. The van der Waals surface area contributed by atoms with Crippen molar-refractivity contribution >= 4 is 0 Å². The maximum Gasteiger partial charge on any atom is 0.126 e. The number of nitrogens with zero attached hydrogens (tertiary/aromatic N) is 1. The molecule has 1 unspecified atom stereocenters. The van der Waals surface area contributed by atoms with Crippen LogP contribution in [0.1, 0.15) is 48.1 Å². The topological polar surface area (TPSA) is 12.5 Å². The van der Waals surface area contributed by atoms with Crippen molar-refractivity contribution in [3.63, 3.8) is 0 Å². The van der Waals surface area contributed by atoms with Crippen molar-refractivity contribution in [2.45, 2.75) is 46.6 Å². The highest BCUT2D eigenvalue weighted by Gasteiger charge is 2.23. The van der Waals surface area contributed by atoms with Gasteiger partial charge in [-0.25, -0.2) is 0 Å². The van der Waals surface area contributed by atoms with E-state index in [-0.39, 0.29) is 0 Å². The Morgan fingerprint density at radius 3 is 2.28 bits per heavy atom. The van der Waals surface area contributed by atoms with Crippen LogP contribution in [0.25, 0.3) is 0 Å². The smallest absolute Gasteiger partial charge is 0.126 e. The van der Waals surface area contributed by atoms with Gasteiger partial charge < -0.3 is 4.74 Å². The number of rotatable bonds is 3. The molecule has 0 saturated carbocycles. The molecule has 0 aromatic heterocycles. The first-order valence-corrected chi connectivity index (χ1v) is 6.95. The third-order valence-corrected chi connectivity index (χ3v) is 4.47. The molecular weight excluding hydrogens is 222 g/mol. The van der Waals surface area contributed by atoms with Gasteiger partial charge in [0.25, 0.3) is 0 Å². The molecule has 0 amide bonds. The lowest BCUT2D eigenvalue weighted by Gasteiger charge is -2.27. The van der Waals surface area contributed by atoms with Crippen molar-refractivity contribution < 1.29 is 4.74 Å². The van der Waals surface area contributed by atoms with Gasteiger partial charge in [0.15, 0.2) is 0 Å². The van der Waals surface area contributed by atoms with Crippen molar-refractivity contribution in [1.29, 1.82) is 0 Å². The Hall–Kier alpha value is -1.02. The van der Waals surface area contributed by atoms with Crippen molar-refractivity contribution in [2.24, 2.45) is 0 Å². The van der Waals surface area contributed by atoms with Crippen molar-refractivity contribution in [3.05, 3.63) is 28.3 Å². The average molecular weight is 247 g/mol. The maximum absolute atomic E-state index is 5.67. The molecule has 0 spiro atoms. The van der Waals surface area contributed by atoms with Crippen molar-refractivity contribution in [3.8, 4) is 5.75 Å². The van der Waals surface area contributed by atoms with E-state index in [1.54, 1.807) is 7.11 Å². The summed E-state index contributed by atoms with van der Waals surface area (Å²) < 4.78 is 5.67. The third-order valence-electron chi connectivity index (χ3n) is 4.47. The molecule has 2 nitrogen and oxygen atoms in total. The molecule has 1 aromatic rings. The zero-order chi connectivity index (χ0) is 13.3. The number of hydrogen-bond donors (Lipinski definition) is 0. The van der Waals surface area contributed by atoms with E-state index in [9.17, 15) is 0 Å². The third kappa shape index (κ3) is 2.26. The van der Waals surface area contributed by atoms with Crippen LogP contribution in [0, 0.1) is 20.8 Å². The first-order valence-electron chi connectivity index (χ1n) is 6.95. The van der Waals surface area contributed by atoms with Crippen LogP contribution in [-0.2, 0) is 0 Å². The molecule has 1 saturated heterocycles. The molecule has 1 atom stereocenters. The zero-order valence-electron chi connectivity index (χ0n) is 12.3. The van der Waals surface area contributed by atoms with Crippen molar-refractivity contribution in [2.75, 3.05) is 20.2 Å². The van der Waals surface area contributed by atoms with Gasteiger partial charge >= 0.3 is 0 Å². The van der Waals surface area contributed by atoms with E-state index in [1.807, 2.05) is 0 Å². The summed E-state index contributed by atoms with van der Waals surface area (Å²) >= 11 is 0. The van der Waals surface area contributed by atoms with Crippen LogP contribution >= 0.6 is 0 Å². The molecular formula is C16H25NO. The zero-order valence-corrected chi connectivity index (χ0v) is 12.3. The lowest BCUT2D eigenvalue weighted by atomic mass is 9.95. The number of aryl methyl sites for hydroxylation is 1. The fourth-order valence-corrected chi connectivity index (χ4v) is 3.00. The maximum atomic E-state index is 5.67. The molecule has 2 heteroatoms. The molecule has 0 bridgehead atoms. The molecule has 1 heterocycles. The van der Waals surface area contributed by atoms with Gasteiger partial charge in [-0.1, -0.05) is 6.07 Å². The number of likely N-dealkylation sites (tertiary alicyclic amines) is 1. The molecule has 0 radical (unpaired) electrons. The minimum Gasteiger partial charge on any atom is -0.496 e. The van der Waals surface area contributed by atoms with Gasteiger partial charge in [0.05, 0.1) is 7.11 Å².